The lowest BCUT2D eigenvalue weighted by Crippen LogP contribution is -1.91. The molecule has 90 valence electrons. The van der Waals surface area contributed by atoms with Crippen molar-refractivity contribution in [3.05, 3.63) is 59.7 Å². The molecule has 0 saturated heterocycles. The minimum absolute atomic E-state index is 0.198. The van der Waals surface area contributed by atoms with Crippen LogP contribution in [0.1, 0.15) is 11.4 Å². The Morgan fingerprint density at radius 1 is 1.17 bits per heavy atom. The fourth-order valence-corrected chi connectivity index (χ4v) is 1.97. The number of phenols is 1. The second kappa shape index (κ2) is 4.14. The topological polar surface area (TPSA) is 48.9 Å². The molecule has 0 aliphatic carbocycles. The normalized spacial score (nSPS) is 10.9. The number of imidazole rings is 1. The molecular formula is C14H11FN2O. The summed E-state index contributed by atoms with van der Waals surface area (Å²) in [7, 11) is 0. The number of fused-ring (bicyclic) bond motifs is 1. The molecule has 2 N–H and O–H groups in total. The lowest BCUT2D eigenvalue weighted by atomic mass is 10.1. The van der Waals surface area contributed by atoms with E-state index >= 15 is 0 Å². The minimum atomic E-state index is -0.249. The number of nitrogens with zero attached hydrogens (tertiary/aromatic N) is 1. The summed E-state index contributed by atoms with van der Waals surface area (Å²) >= 11 is 0. The van der Waals surface area contributed by atoms with Crippen LogP contribution in [-0.2, 0) is 6.42 Å². The third kappa shape index (κ3) is 2.05. The number of benzene rings is 2. The fraction of sp³-hybridized carbons (Fsp3) is 0.0714. The second-order valence-electron chi connectivity index (χ2n) is 4.19. The Bertz CT molecular complexity index is 706. The molecule has 18 heavy (non-hydrogen) atoms. The summed E-state index contributed by atoms with van der Waals surface area (Å²) < 4.78 is 13.1. The molecule has 0 bridgehead atoms. The molecule has 0 saturated carbocycles. The standard InChI is InChI=1S/C14H11FN2O/c15-10-3-1-2-9(6-10)7-14-16-12-5-4-11(18)8-13(12)17-14/h1-6,8,18H,7H2,(H,16,17). The smallest absolute Gasteiger partial charge is 0.123 e. The lowest BCUT2D eigenvalue weighted by molar-refractivity contribution is 0.476. The van der Waals surface area contributed by atoms with Gasteiger partial charge in [0.15, 0.2) is 0 Å². The zero-order valence-corrected chi connectivity index (χ0v) is 9.52. The molecule has 0 fully saturated rings. The number of aromatic nitrogens is 2. The third-order valence-corrected chi connectivity index (χ3v) is 2.78. The monoisotopic (exact) mass is 242 g/mol. The Morgan fingerprint density at radius 3 is 2.89 bits per heavy atom. The van der Waals surface area contributed by atoms with Gasteiger partial charge in [-0.25, -0.2) is 9.37 Å². The van der Waals surface area contributed by atoms with Gasteiger partial charge in [-0.1, -0.05) is 12.1 Å². The molecule has 0 amide bonds. The van der Waals surface area contributed by atoms with Gasteiger partial charge in [0.1, 0.15) is 17.4 Å². The lowest BCUT2D eigenvalue weighted by Gasteiger charge is -1.97. The fourth-order valence-electron chi connectivity index (χ4n) is 1.97. The summed E-state index contributed by atoms with van der Waals surface area (Å²) in [6, 6.07) is 11.4. The van der Waals surface area contributed by atoms with Crippen molar-refractivity contribution < 1.29 is 9.50 Å². The number of phenolic OH excluding ortho intramolecular Hbond substituents is 1. The molecule has 0 aliphatic rings. The quantitative estimate of drug-likeness (QED) is 0.725. The van der Waals surface area contributed by atoms with Crippen molar-refractivity contribution in [3.8, 4) is 5.75 Å². The third-order valence-electron chi connectivity index (χ3n) is 2.78. The first-order valence-corrected chi connectivity index (χ1v) is 5.63. The molecule has 3 nitrogen and oxygen atoms in total. The van der Waals surface area contributed by atoms with E-state index in [0.29, 0.717) is 6.42 Å². The zero-order valence-electron chi connectivity index (χ0n) is 9.52. The first kappa shape index (κ1) is 10.8. The van der Waals surface area contributed by atoms with Crippen LogP contribution in [0.25, 0.3) is 11.0 Å². The van der Waals surface area contributed by atoms with E-state index in [1.165, 1.54) is 12.1 Å². The van der Waals surface area contributed by atoms with Gasteiger partial charge < -0.3 is 10.1 Å². The highest BCUT2D eigenvalue weighted by molar-refractivity contribution is 5.76. The Morgan fingerprint density at radius 2 is 2.06 bits per heavy atom. The van der Waals surface area contributed by atoms with Gasteiger partial charge in [-0.3, -0.25) is 0 Å². The summed E-state index contributed by atoms with van der Waals surface area (Å²) in [5.74, 6) is 0.700. The maximum Gasteiger partial charge on any atom is 0.123 e. The van der Waals surface area contributed by atoms with E-state index in [1.54, 1.807) is 24.3 Å². The Kier molecular flexibility index (Phi) is 2.48. The number of H-pyrrole nitrogens is 1. The van der Waals surface area contributed by atoms with Gasteiger partial charge in [0.25, 0.3) is 0 Å². The first-order valence-electron chi connectivity index (χ1n) is 5.63. The molecule has 0 radical (unpaired) electrons. The molecule has 1 heterocycles. The van der Waals surface area contributed by atoms with Crippen LogP contribution in [0.3, 0.4) is 0 Å². The van der Waals surface area contributed by atoms with E-state index in [1.807, 2.05) is 6.07 Å². The Hall–Kier alpha value is -2.36. The maximum atomic E-state index is 13.1. The van der Waals surface area contributed by atoms with Crippen molar-refractivity contribution in [1.82, 2.24) is 9.97 Å². The van der Waals surface area contributed by atoms with Gasteiger partial charge in [-0.05, 0) is 29.8 Å². The predicted molar refractivity (Wildman–Crippen MR) is 67.0 cm³/mol. The highest BCUT2D eigenvalue weighted by Crippen LogP contribution is 2.19. The molecule has 3 rings (SSSR count). The predicted octanol–water partition coefficient (Wildman–Crippen LogP) is 3.00. The molecule has 4 heteroatoms. The SMILES string of the molecule is Oc1ccc2nc(Cc3cccc(F)c3)[nH]c2c1. The van der Waals surface area contributed by atoms with Crippen LogP contribution < -0.4 is 0 Å². The van der Waals surface area contributed by atoms with Crippen LogP contribution in [0, 0.1) is 5.82 Å². The minimum Gasteiger partial charge on any atom is -0.508 e. The van der Waals surface area contributed by atoms with Gasteiger partial charge in [0.2, 0.25) is 0 Å². The van der Waals surface area contributed by atoms with Crippen LogP contribution in [-0.4, -0.2) is 15.1 Å². The molecule has 0 atom stereocenters. The number of nitrogens with one attached hydrogen (secondary N) is 1. The second-order valence-corrected chi connectivity index (χ2v) is 4.19. The van der Waals surface area contributed by atoms with Crippen molar-refractivity contribution in [3.63, 3.8) is 0 Å². The van der Waals surface area contributed by atoms with Gasteiger partial charge in [0, 0.05) is 12.5 Å². The van der Waals surface area contributed by atoms with Crippen LogP contribution in [0.2, 0.25) is 0 Å². The first-order chi connectivity index (χ1) is 8.70. The molecule has 1 aromatic heterocycles. The molecule has 0 spiro atoms. The highest BCUT2D eigenvalue weighted by atomic mass is 19.1. The van der Waals surface area contributed by atoms with Crippen LogP contribution in [0.4, 0.5) is 4.39 Å². The molecule has 0 unspecified atom stereocenters. The summed E-state index contributed by atoms with van der Waals surface area (Å²) in [5.41, 5.74) is 2.43. The van der Waals surface area contributed by atoms with Gasteiger partial charge >= 0.3 is 0 Å². The van der Waals surface area contributed by atoms with E-state index in [4.69, 9.17) is 0 Å². The van der Waals surface area contributed by atoms with Gasteiger partial charge in [-0.15, -0.1) is 0 Å². The van der Waals surface area contributed by atoms with Crippen molar-refractivity contribution in [2.75, 3.05) is 0 Å². The maximum absolute atomic E-state index is 13.1. The number of aromatic amines is 1. The number of hydrogen-bond acceptors (Lipinski definition) is 2. The van der Waals surface area contributed by atoms with Crippen molar-refractivity contribution in [2.24, 2.45) is 0 Å². The average Bonchev–Trinajstić information content (AvgIpc) is 2.70. The average molecular weight is 242 g/mol. The summed E-state index contributed by atoms with van der Waals surface area (Å²) in [5, 5.41) is 9.37. The molecule has 3 aromatic rings. The molecular weight excluding hydrogens is 231 g/mol. The zero-order chi connectivity index (χ0) is 12.5. The largest absolute Gasteiger partial charge is 0.508 e. The van der Waals surface area contributed by atoms with Gasteiger partial charge in [-0.2, -0.15) is 0 Å². The van der Waals surface area contributed by atoms with Crippen LogP contribution in [0.15, 0.2) is 42.5 Å². The summed E-state index contributed by atoms with van der Waals surface area (Å²) in [6.45, 7) is 0. The van der Waals surface area contributed by atoms with E-state index in [9.17, 15) is 9.50 Å². The van der Waals surface area contributed by atoms with E-state index in [2.05, 4.69) is 9.97 Å². The van der Waals surface area contributed by atoms with Crippen molar-refractivity contribution >= 4 is 11.0 Å². The van der Waals surface area contributed by atoms with Crippen LogP contribution in [0.5, 0.6) is 5.75 Å². The number of halogens is 1. The van der Waals surface area contributed by atoms with Crippen LogP contribution >= 0.6 is 0 Å². The van der Waals surface area contributed by atoms with E-state index < -0.39 is 0 Å². The van der Waals surface area contributed by atoms with Crippen molar-refractivity contribution in [2.45, 2.75) is 6.42 Å². The van der Waals surface area contributed by atoms with E-state index in [0.717, 1.165) is 22.4 Å². The summed E-state index contributed by atoms with van der Waals surface area (Å²) in [4.78, 5) is 7.50. The highest BCUT2D eigenvalue weighted by Gasteiger charge is 2.05. The van der Waals surface area contributed by atoms with Crippen molar-refractivity contribution in [1.29, 1.82) is 0 Å². The van der Waals surface area contributed by atoms with Gasteiger partial charge in [0.05, 0.1) is 11.0 Å². The summed E-state index contributed by atoms with van der Waals surface area (Å²) in [6.07, 6.45) is 0.535. The molecule has 0 aliphatic heterocycles. The number of rotatable bonds is 2. The van der Waals surface area contributed by atoms with E-state index in [-0.39, 0.29) is 11.6 Å². The Balaban J connectivity index is 1.95. The number of hydrogen-bond donors (Lipinski definition) is 2. The molecule has 2 aromatic carbocycles. The Labute approximate surface area is 103 Å². The number of aromatic hydroxyl groups is 1.